The summed E-state index contributed by atoms with van der Waals surface area (Å²) in [4.78, 5) is 0. The molecule has 0 amide bonds. The molecule has 0 nitrogen and oxygen atoms in total. The highest BCUT2D eigenvalue weighted by atomic mass is 28.3. The summed E-state index contributed by atoms with van der Waals surface area (Å²) in [6.45, 7) is 7.91. The second-order valence-electron chi connectivity index (χ2n) is 8.81. The molecular weight excluding hydrogens is 280 g/mol. The van der Waals surface area contributed by atoms with E-state index in [1.165, 1.54) is 19.3 Å². The van der Waals surface area contributed by atoms with E-state index in [9.17, 15) is 0 Å². The molecule has 2 fully saturated rings. The van der Waals surface area contributed by atoms with Crippen molar-refractivity contribution in [3.63, 3.8) is 0 Å². The van der Waals surface area contributed by atoms with Crippen LogP contribution in [0.4, 0.5) is 0 Å². The minimum atomic E-state index is -1.27. The first-order chi connectivity index (χ1) is 10.6. The average Bonchev–Trinajstić information content (AvgIpc) is 3.09. The Kier molecular flexibility index (Phi) is 3.60. The lowest BCUT2D eigenvalue weighted by Crippen LogP contribution is -2.42. The molecule has 0 aliphatic heterocycles. The second kappa shape index (κ2) is 5.37. The molecule has 0 aromatic rings. The number of allylic oxidation sites excluding steroid dienone is 8. The van der Waals surface area contributed by atoms with E-state index in [4.69, 9.17) is 0 Å². The number of hydrogen-bond donors (Lipinski definition) is 0. The second-order valence-corrected chi connectivity index (χ2v) is 13.9. The molecular formula is C21H30Si. The van der Waals surface area contributed by atoms with Crippen LogP contribution in [0.25, 0.3) is 0 Å². The molecule has 6 atom stereocenters. The first-order valence-electron chi connectivity index (χ1n) is 9.29. The molecule has 4 aliphatic rings. The van der Waals surface area contributed by atoms with Gasteiger partial charge in [-0.2, -0.15) is 0 Å². The molecule has 4 aliphatic carbocycles. The Bertz CT molecular complexity index is 516. The monoisotopic (exact) mass is 310 g/mol. The van der Waals surface area contributed by atoms with Gasteiger partial charge in [0.25, 0.3) is 0 Å². The lowest BCUT2D eigenvalue weighted by Gasteiger charge is -2.42. The number of hydrogen-bond acceptors (Lipinski definition) is 0. The van der Waals surface area contributed by atoms with E-state index < -0.39 is 8.07 Å². The van der Waals surface area contributed by atoms with Crippen LogP contribution in [0.5, 0.6) is 0 Å². The Labute approximate surface area is 137 Å². The van der Waals surface area contributed by atoms with Crippen LogP contribution >= 0.6 is 0 Å². The Balaban J connectivity index is 1.70. The minimum absolute atomic E-state index is 0.756. The van der Waals surface area contributed by atoms with Crippen molar-refractivity contribution in [3.05, 3.63) is 48.6 Å². The Morgan fingerprint density at radius 2 is 1.23 bits per heavy atom. The van der Waals surface area contributed by atoms with E-state index in [0.29, 0.717) is 0 Å². The third kappa shape index (κ3) is 2.16. The standard InChI is InChI=1S/C21H30Si/c1-15-12-13-16(14-15)22(2,3)21-19-10-6-4-8-17(19)18-9-5-7-11-20(18)21/h4-11,15-21H,12-14H2,1-3H3. The van der Waals surface area contributed by atoms with Crippen LogP contribution < -0.4 is 0 Å². The van der Waals surface area contributed by atoms with Crippen LogP contribution in [0, 0.1) is 29.6 Å². The maximum absolute atomic E-state index is 2.72. The van der Waals surface area contributed by atoms with Gasteiger partial charge in [0.05, 0.1) is 8.07 Å². The summed E-state index contributed by atoms with van der Waals surface area (Å²) in [5.41, 5.74) is 1.98. The topological polar surface area (TPSA) is 0 Å². The minimum Gasteiger partial charge on any atom is -0.0808 e. The van der Waals surface area contributed by atoms with E-state index in [2.05, 4.69) is 68.6 Å². The van der Waals surface area contributed by atoms with E-state index in [0.717, 1.165) is 40.7 Å². The van der Waals surface area contributed by atoms with E-state index in [1.807, 2.05) is 0 Å². The van der Waals surface area contributed by atoms with Crippen LogP contribution in [0.3, 0.4) is 0 Å². The molecule has 0 radical (unpaired) electrons. The molecule has 0 spiro atoms. The van der Waals surface area contributed by atoms with Crippen LogP contribution in [0.2, 0.25) is 24.2 Å². The lowest BCUT2D eigenvalue weighted by molar-refractivity contribution is 0.461. The van der Waals surface area contributed by atoms with Crippen molar-refractivity contribution in [2.45, 2.75) is 50.4 Å². The van der Waals surface area contributed by atoms with Gasteiger partial charge in [-0.05, 0) is 40.7 Å². The Hall–Kier alpha value is -0.823. The fourth-order valence-corrected chi connectivity index (χ4v) is 11.3. The molecule has 118 valence electrons. The van der Waals surface area contributed by atoms with Gasteiger partial charge in [-0.15, -0.1) is 0 Å². The summed E-state index contributed by atoms with van der Waals surface area (Å²) in [6, 6.07) is 0. The fraction of sp³-hybridized carbons (Fsp3) is 0.619. The van der Waals surface area contributed by atoms with Crippen LogP contribution in [0.15, 0.2) is 48.6 Å². The Morgan fingerprint density at radius 3 is 1.68 bits per heavy atom. The van der Waals surface area contributed by atoms with Gasteiger partial charge >= 0.3 is 0 Å². The van der Waals surface area contributed by atoms with Crippen molar-refractivity contribution in [1.29, 1.82) is 0 Å². The number of rotatable bonds is 2. The Morgan fingerprint density at radius 1 is 0.727 bits per heavy atom. The molecule has 2 saturated carbocycles. The van der Waals surface area contributed by atoms with Gasteiger partial charge < -0.3 is 0 Å². The summed E-state index contributed by atoms with van der Waals surface area (Å²) in [6.07, 6.45) is 23.8. The summed E-state index contributed by atoms with van der Waals surface area (Å²) in [7, 11) is -1.27. The molecule has 0 aromatic carbocycles. The molecule has 0 N–H and O–H groups in total. The van der Waals surface area contributed by atoms with Gasteiger partial charge in [-0.25, -0.2) is 0 Å². The molecule has 0 bridgehead atoms. The highest BCUT2D eigenvalue weighted by Crippen LogP contribution is 2.61. The predicted molar refractivity (Wildman–Crippen MR) is 98.5 cm³/mol. The van der Waals surface area contributed by atoms with E-state index in [1.54, 1.807) is 0 Å². The highest BCUT2D eigenvalue weighted by Gasteiger charge is 2.55. The van der Waals surface area contributed by atoms with Crippen LogP contribution in [-0.4, -0.2) is 8.07 Å². The molecule has 6 unspecified atom stereocenters. The maximum atomic E-state index is 2.72. The zero-order chi connectivity index (χ0) is 15.3. The lowest BCUT2D eigenvalue weighted by atomic mass is 9.83. The van der Waals surface area contributed by atoms with Gasteiger partial charge in [0.15, 0.2) is 0 Å². The maximum Gasteiger partial charge on any atom is 0.0548 e. The average molecular weight is 311 g/mol. The van der Waals surface area contributed by atoms with Crippen molar-refractivity contribution in [2.24, 2.45) is 29.6 Å². The molecule has 0 saturated heterocycles. The summed E-state index contributed by atoms with van der Waals surface area (Å²) < 4.78 is 0. The zero-order valence-electron chi connectivity index (χ0n) is 14.3. The van der Waals surface area contributed by atoms with Crippen molar-refractivity contribution >= 4 is 8.07 Å². The molecule has 0 heterocycles. The van der Waals surface area contributed by atoms with Crippen LogP contribution in [0.1, 0.15) is 26.2 Å². The van der Waals surface area contributed by atoms with Crippen molar-refractivity contribution in [1.82, 2.24) is 0 Å². The summed E-state index contributed by atoms with van der Waals surface area (Å²) in [5, 5.41) is 0. The largest absolute Gasteiger partial charge is 0.0808 e. The third-order valence-corrected chi connectivity index (χ3v) is 12.4. The van der Waals surface area contributed by atoms with Crippen molar-refractivity contribution in [2.75, 3.05) is 0 Å². The first-order valence-corrected chi connectivity index (χ1v) is 12.4. The summed E-state index contributed by atoms with van der Waals surface area (Å²) >= 11 is 0. The first kappa shape index (κ1) is 14.7. The van der Waals surface area contributed by atoms with Gasteiger partial charge in [0, 0.05) is 0 Å². The van der Waals surface area contributed by atoms with Crippen LogP contribution in [-0.2, 0) is 0 Å². The molecule has 1 heteroatoms. The van der Waals surface area contributed by atoms with Gasteiger partial charge in [-0.3, -0.25) is 0 Å². The smallest absolute Gasteiger partial charge is 0.0548 e. The third-order valence-electron chi connectivity index (χ3n) is 7.32. The SMILES string of the molecule is CC1CCC([Si](C)(C)C2C3C=CC=CC3C3C=CC=CC32)C1. The number of fused-ring (bicyclic) bond motifs is 3. The zero-order valence-corrected chi connectivity index (χ0v) is 15.3. The predicted octanol–water partition coefficient (Wildman–Crippen LogP) is 5.99. The molecule has 4 rings (SSSR count). The quantitative estimate of drug-likeness (QED) is 0.550. The molecule has 0 aromatic heterocycles. The van der Waals surface area contributed by atoms with Crippen molar-refractivity contribution in [3.8, 4) is 0 Å². The molecule has 22 heavy (non-hydrogen) atoms. The van der Waals surface area contributed by atoms with E-state index >= 15 is 0 Å². The van der Waals surface area contributed by atoms with E-state index in [-0.39, 0.29) is 0 Å². The van der Waals surface area contributed by atoms with Gasteiger partial charge in [-0.1, -0.05) is 87.9 Å². The van der Waals surface area contributed by atoms with Gasteiger partial charge in [0.2, 0.25) is 0 Å². The van der Waals surface area contributed by atoms with Gasteiger partial charge in [0.1, 0.15) is 0 Å². The summed E-state index contributed by atoms with van der Waals surface area (Å²) in [5.74, 6) is 4.07. The van der Waals surface area contributed by atoms with Crippen molar-refractivity contribution < 1.29 is 0 Å². The normalized spacial score (nSPS) is 46.0. The fourth-order valence-electron chi connectivity index (χ4n) is 6.17. The highest BCUT2D eigenvalue weighted by molar-refractivity contribution is 6.80.